The van der Waals surface area contributed by atoms with Gasteiger partial charge in [0.05, 0.1) is 30.4 Å². The van der Waals surface area contributed by atoms with E-state index in [0.29, 0.717) is 34.1 Å². The second kappa shape index (κ2) is 12.1. The molecule has 1 amide bonds. The number of aromatic nitrogens is 2. The Balaban J connectivity index is 1.96. The van der Waals surface area contributed by atoms with E-state index >= 15 is 0 Å². The average molecular weight is 502 g/mol. The standard InChI is InChI=1S/C25H36ClN7O2/c1-7-23(34)28-19-14-20(22(35-6)15-21(19)32(5)13-12-31(3)4)29-25-27-16-18(26)24(30-25)33-11-9-8-10-17(33)2/h7,14-17H,1,8-13H2,2-6H3,(H,28,34)(H,27,29,30). The van der Waals surface area contributed by atoms with Crippen molar-refractivity contribution in [1.82, 2.24) is 14.9 Å². The van der Waals surface area contributed by atoms with Gasteiger partial charge in [-0.1, -0.05) is 18.2 Å². The van der Waals surface area contributed by atoms with Crippen LogP contribution in [-0.4, -0.2) is 74.7 Å². The molecule has 35 heavy (non-hydrogen) atoms. The molecule has 2 heterocycles. The van der Waals surface area contributed by atoms with Gasteiger partial charge in [0, 0.05) is 38.8 Å². The zero-order valence-electron chi connectivity index (χ0n) is 21.3. The minimum Gasteiger partial charge on any atom is -0.494 e. The van der Waals surface area contributed by atoms with Gasteiger partial charge in [0.15, 0.2) is 5.82 Å². The van der Waals surface area contributed by atoms with Crippen molar-refractivity contribution in [2.24, 2.45) is 0 Å². The summed E-state index contributed by atoms with van der Waals surface area (Å²) in [6.07, 6.45) is 6.28. The number of ether oxygens (including phenoxy) is 1. The van der Waals surface area contributed by atoms with Gasteiger partial charge in [-0.25, -0.2) is 4.98 Å². The number of nitrogens with one attached hydrogen (secondary N) is 2. The second-order valence-electron chi connectivity index (χ2n) is 9.02. The van der Waals surface area contributed by atoms with Crippen molar-refractivity contribution in [3.8, 4) is 5.75 Å². The molecule has 0 radical (unpaired) electrons. The van der Waals surface area contributed by atoms with Crippen molar-refractivity contribution in [3.05, 3.63) is 36.0 Å². The molecule has 9 nitrogen and oxygen atoms in total. The summed E-state index contributed by atoms with van der Waals surface area (Å²) in [7, 11) is 7.62. The van der Waals surface area contributed by atoms with E-state index in [1.807, 2.05) is 33.3 Å². The largest absolute Gasteiger partial charge is 0.494 e. The molecule has 1 unspecified atom stereocenters. The molecule has 0 saturated carbocycles. The highest BCUT2D eigenvalue weighted by Gasteiger charge is 2.23. The Hall–Kier alpha value is -3.04. The molecule has 0 aliphatic carbocycles. The molecule has 1 aliphatic heterocycles. The highest BCUT2D eigenvalue weighted by atomic mass is 35.5. The predicted molar refractivity (Wildman–Crippen MR) is 145 cm³/mol. The maximum atomic E-state index is 12.2. The minimum absolute atomic E-state index is 0.299. The van der Waals surface area contributed by atoms with E-state index in [9.17, 15) is 4.79 Å². The molecule has 10 heteroatoms. The Morgan fingerprint density at radius 1 is 1.29 bits per heavy atom. The molecular weight excluding hydrogens is 466 g/mol. The quantitative estimate of drug-likeness (QED) is 0.464. The van der Waals surface area contributed by atoms with E-state index in [-0.39, 0.29) is 5.91 Å². The van der Waals surface area contributed by atoms with Crippen molar-refractivity contribution >= 4 is 46.3 Å². The van der Waals surface area contributed by atoms with E-state index in [2.05, 4.69) is 43.8 Å². The lowest BCUT2D eigenvalue weighted by atomic mass is 10.0. The lowest BCUT2D eigenvalue weighted by Crippen LogP contribution is -2.38. The molecule has 2 aromatic rings. The van der Waals surface area contributed by atoms with Crippen LogP contribution in [0.15, 0.2) is 31.0 Å². The molecule has 1 aromatic carbocycles. The topological polar surface area (TPSA) is 85.9 Å². The number of carbonyl (C=O) groups is 1. The summed E-state index contributed by atoms with van der Waals surface area (Å²) in [5.74, 6) is 1.41. The Bertz CT molecular complexity index is 1050. The van der Waals surface area contributed by atoms with Crippen molar-refractivity contribution in [2.75, 3.05) is 68.3 Å². The van der Waals surface area contributed by atoms with Crippen LogP contribution in [0.1, 0.15) is 26.2 Å². The van der Waals surface area contributed by atoms with Gasteiger partial charge in [0.25, 0.3) is 0 Å². The van der Waals surface area contributed by atoms with Crippen LogP contribution in [0, 0.1) is 0 Å². The molecule has 1 aliphatic rings. The zero-order chi connectivity index (χ0) is 25.5. The monoisotopic (exact) mass is 501 g/mol. The lowest BCUT2D eigenvalue weighted by Gasteiger charge is -2.34. The molecule has 1 fully saturated rings. The number of nitrogens with zero attached hydrogens (tertiary/aromatic N) is 5. The Labute approximate surface area is 213 Å². The fourth-order valence-corrected chi connectivity index (χ4v) is 4.26. The van der Waals surface area contributed by atoms with E-state index in [1.54, 1.807) is 13.3 Å². The van der Waals surface area contributed by atoms with Crippen LogP contribution in [-0.2, 0) is 4.79 Å². The number of hydrogen-bond donors (Lipinski definition) is 2. The number of halogens is 1. The summed E-state index contributed by atoms with van der Waals surface area (Å²) in [4.78, 5) is 27.7. The number of methoxy groups -OCH3 is 1. The fraction of sp³-hybridized carbons (Fsp3) is 0.480. The minimum atomic E-state index is -0.299. The number of anilines is 5. The van der Waals surface area contributed by atoms with Crippen LogP contribution < -0.4 is 25.2 Å². The number of likely N-dealkylation sites (N-methyl/N-ethyl adjacent to an activating group) is 2. The summed E-state index contributed by atoms with van der Waals surface area (Å²) < 4.78 is 5.68. The van der Waals surface area contributed by atoms with E-state index in [0.717, 1.165) is 44.0 Å². The Kier molecular flexibility index (Phi) is 9.17. The van der Waals surface area contributed by atoms with Gasteiger partial charge in [-0.15, -0.1) is 0 Å². The number of carbonyl (C=O) groups excluding carboxylic acids is 1. The molecule has 1 aromatic heterocycles. The van der Waals surface area contributed by atoms with Gasteiger partial charge >= 0.3 is 0 Å². The number of piperidine rings is 1. The van der Waals surface area contributed by atoms with Crippen molar-refractivity contribution in [2.45, 2.75) is 32.2 Å². The van der Waals surface area contributed by atoms with Crippen LogP contribution in [0.3, 0.4) is 0 Å². The normalized spacial score (nSPS) is 15.6. The van der Waals surface area contributed by atoms with Crippen molar-refractivity contribution < 1.29 is 9.53 Å². The summed E-state index contributed by atoms with van der Waals surface area (Å²) in [5.41, 5.74) is 2.07. The first kappa shape index (κ1) is 26.6. The second-order valence-corrected chi connectivity index (χ2v) is 9.42. The molecule has 190 valence electrons. The first-order valence-corrected chi connectivity index (χ1v) is 12.2. The summed E-state index contributed by atoms with van der Waals surface area (Å²) in [6.45, 7) is 8.28. The van der Waals surface area contributed by atoms with Crippen LogP contribution in [0.5, 0.6) is 5.75 Å². The molecule has 0 spiro atoms. The first-order chi connectivity index (χ1) is 16.7. The van der Waals surface area contributed by atoms with Gasteiger partial charge in [0.1, 0.15) is 10.8 Å². The average Bonchev–Trinajstić information content (AvgIpc) is 2.84. The third kappa shape index (κ3) is 6.76. The summed E-state index contributed by atoms with van der Waals surface area (Å²) >= 11 is 6.48. The number of rotatable bonds is 10. The fourth-order valence-electron chi connectivity index (χ4n) is 4.06. The maximum Gasteiger partial charge on any atom is 0.247 e. The molecule has 3 rings (SSSR count). The molecule has 1 atom stereocenters. The van der Waals surface area contributed by atoms with E-state index in [1.165, 1.54) is 12.5 Å². The molecule has 1 saturated heterocycles. The van der Waals surface area contributed by atoms with Crippen LogP contribution in [0.25, 0.3) is 0 Å². The van der Waals surface area contributed by atoms with Crippen LogP contribution in [0.2, 0.25) is 5.02 Å². The molecule has 0 bridgehead atoms. The van der Waals surface area contributed by atoms with Crippen LogP contribution in [0.4, 0.5) is 28.8 Å². The van der Waals surface area contributed by atoms with Crippen LogP contribution >= 0.6 is 11.6 Å². The third-order valence-corrected chi connectivity index (χ3v) is 6.37. The predicted octanol–water partition coefficient (Wildman–Crippen LogP) is 4.38. The molecular formula is C25H36ClN7O2. The first-order valence-electron chi connectivity index (χ1n) is 11.8. The maximum absolute atomic E-state index is 12.2. The Morgan fingerprint density at radius 3 is 2.71 bits per heavy atom. The van der Waals surface area contributed by atoms with E-state index in [4.69, 9.17) is 21.3 Å². The number of benzene rings is 1. The van der Waals surface area contributed by atoms with Gasteiger partial charge in [0.2, 0.25) is 11.9 Å². The van der Waals surface area contributed by atoms with Gasteiger partial charge < -0.3 is 30.1 Å². The summed E-state index contributed by atoms with van der Waals surface area (Å²) in [5, 5.41) is 6.68. The third-order valence-electron chi connectivity index (χ3n) is 6.10. The van der Waals surface area contributed by atoms with E-state index < -0.39 is 0 Å². The summed E-state index contributed by atoms with van der Waals surface area (Å²) in [6, 6.07) is 4.07. The zero-order valence-corrected chi connectivity index (χ0v) is 22.0. The number of amides is 1. The van der Waals surface area contributed by atoms with Crippen molar-refractivity contribution in [3.63, 3.8) is 0 Å². The SMILES string of the molecule is C=CC(=O)Nc1cc(Nc2ncc(Cl)c(N3CCCCC3C)n2)c(OC)cc1N(C)CCN(C)C. The number of hydrogen-bond acceptors (Lipinski definition) is 8. The van der Waals surface area contributed by atoms with Gasteiger partial charge in [-0.05, 0) is 52.4 Å². The van der Waals surface area contributed by atoms with Gasteiger partial charge in [-0.3, -0.25) is 4.79 Å². The highest BCUT2D eigenvalue weighted by molar-refractivity contribution is 6.32. The van der Waals surface area contributed by atoms with Crippen molar-refractivity contribution in [1.29, 1.82) is 0 Å². The smallest absolute Gasteiger partial charge is 0.247 e. The lowest BCUT2D eigenvalue weighted by molar-refractivity contribution is -0.111. The molecule has 2 N–H and O–H groups in total. The highest BCUT2D eigenvalue weighted by Crippen LogP contribution is 2.38. The van der Waals surface area contributed by atoms with Gasteiger partial charge in [-0.2, -0.15) is 4.98 Å². The Morgan fingerprint density at radius 2 is 2.06 bits per heavy atom.